The molecule has 3 heterocycles. The van der Waals surface area contributed by atoms with Crippen LogP contribution in [0.1, 0.15) is 19.4 Å². The fourth-order valence-corrected chi connectivity index (χ4v) is 4.44. The van der Waals surface area contributed by atoms with Gasteiger partial charge >= 0.3 is 0 Å². The molecule has 0 atom stereocenters. The van der Waals surface area contributed by atoms with E-state index in [-0.39, 0.29) is 5.91 Å². The van der Waals surface area contributed by atoms with Gasteiger partial charge in [-0.3, -0.25) is 9.78 Å². The lowest BCUT2D eigenvalue weighted by Gasteiger charge is -2.35. The van der Waals surface area contributed by atoms with Crippen molar-refractivity contribution in [2.45, 2.75) is 30.4 Å². The summed E-state index contributed by atoms with van der Waals surface area (Å²) in [5.41, 5.74) is 2.90. The van der Waals surface area contributed by atoms with Gasteiger partial charge in [0.15, 0.2) is 5.82 Å². The van der Waals surface area contributed by atoms with Gasteiger partial charge in [0.1, 0.15) is 0 Å². The van der Waals surface area contributed by atoms with Crippen molar-refractivity contribution in [2.24, 2.45) is 0 Å². The van der Waals surface area contributed by atoms with Gasteiger partial charge in [0, 0.05) is 54.3 Å². The van der Waals surface area contributed by atoms with Crippen molar-refractivity contribution in [1.29, 1.82) is 0 Å². The van der Waals surface area contributed by atoms with Crippen LogP contribution in [0, 0.1) is 0 Å². The number of piperazine rings is 1. The van der Waals surface area contributed by atoms with E-state index in [2.05, 4.69) is 58.2 Å². The Hall–Kier alpha value is -2.93. The van der Waals surface area contributed by atoms with Crippen LogP contribution >= 0.6 is 11.8 Å². The van der Waals surface area contributed by atoms with Gasteiger partial charge in [-0.05, 0) is 42.0 Å². The number of benzene rings is 1. The lowest BCUT2D eigenvalue weighted by molar-refractivity contribution is -0.130. The first-order valence-corrected chi connectivity index (χ1v) is 11.5. The number of hydrogen-bond acceptors (Lipinski definition) is 6. The van der Waals surface area contributed by atoms with Crippen molar-refractivity contribution in [3.63, 3.8) is 0 Å². The number of carbonyl (C=O) groups excluding carboxylic acids is 1. The van der Waals surface area contributed by atoms with E-state index in [4.69, 9.17) is 0 Å². The standard InChI is InChI=1S/C24H27N5OS/c1-18(2)31-21-5-3-19(4-6-21)17-24(30)29-15-13-28(14-16-29)23-8-7-22(26-27-23)20-9-11-25-12-10-20/h3-12,18H,13-17H2,1-2H3. The Labute approximate surface area is 187 Å². The fraction of sp³-hybridized carbons (Fsp3) is 0.333. The number of hydrogen-bond donors (Lipinski definition) is 0. The highest BCUT2D eigenvalue weighted by molar-refractivity contribution is 7.99. The highest BCUT2D eigenvalue weighted by atomic mass is 32.2. The topological polar surface area (TPSA) is 62.2 Å². The third kappa shape index (κ3) is 5.61. The average molecular weight is 434 g/mol. The summed E-state index contributed by atoms with van der Waals surface area (Å²) >= 11 is 1.84. The van der Waals surface area contributed by atoms with Crippen LogP contribution in [0.15, 0.2) is 65.8 Å². The van der Waals surface area contributed by atoms with Gasteiger partial charge in [0.2, 0.25) is 5.91 Å². The quantitative estimate of drug-likeness (QED) is 0.549. The van der Waals surface area contributed by atoms with Crippen molar-refractivity contribution in [2.75, 3.05) is 31.1 Å². The van der Waals surface area contributed by atoms with E-state index in [0.29, 0.717) is 24.8 Å². The van der Waals surface area contributed by atoms with Crippen molar-refractivity contribution in [1.82, 2.24) is 20.1 Å². The second-order valence-electron chi connectivity index (χ2n) is 7.87. The number of pyridine rings is 1. The smallest absolute Gasteiger partial charge is 0.227 e. The highest BCUT2D eigenvalue weighted by Gasteiger charge is 2.22. The van der Waals surface area contributed by atoms with Gasteiger partial charge in [-0.25, -0.2) is 0 Å². The molecule has 7 heteroatoms. The lowest BCUT2D eigenvalue weighted by atomic mass is 10.1. The Bertz CT molecular complexity index is 985. The minimum Gasteiger partial charge on any atom is -0.352 e. The first-order valence-electron chi connectivity index (χ1n) is 10.6. The third-order valence-electron chi connectivity index (χ3n) is 5.23. The monoisotopic (exact) mass is 433 g/mol. The maximum Gasteiger partial charge on any atom is 0.227 e. The Kier molecular flexibility index (Phi) is 6.82. The molecule has 4 rings (SSSR count). The molecule has 0 unspecified atom stereocenters. The van der Waals surface area contributed by atoms with Crippen LogP contribution in [0.25, 0.3) is 11.3 Å². The van der Waals surface area contributed by atoms with Crippen LogP contribution in [-0.4, -0.2) is 57.4 Å². The second kappa shape index (κ2) is 9.92. The number of amides is 1. The molecule has 0 spiro atoms. The molecule has 0 N–H and O–H groups in total. The van der Waals surface area contributed by atoms with Crippen molar-refractivity contribution < 1.29 is 4.79 Å². The predicted molar refractivity (Wildman–Crippen MR) is 125 cm³/mol. The molecule has 1 amide bonds. The second-order valence-corrected chi connectivity index (χ2v) is 9.52. The fourth-order valence-electron chi connectivity index (χ4n) is 3.60. The summed E-state index contributed by atoms with van der Waals surface area (Å²) in [5.74, 6) is 1.03. The molecule has 1 aliphatic rings. The predicted octanol–water partition coefficient (Wildman–Crippen LogP) is 3.93. The Morgan fingerprint density at radius 1 is 0.935 bits per heavy atom. The van der Waals surface area contributed by atoms with Crippen molar-refractivity contribution in [3.05, 3.63) is 66.5 Å². The van der Waals surface area contributed by atoms with E-state index < -0.39 is 0 Å². The first kappa shape index (κ1) is 21.3. The molecular weight excluding hydrogens is 406 g/mol. The molecule has 0 bridgehead atoms. The van der Waals surface area contributed by atoms with Gasteiger partial charge in [0.25, 0.3) is 0 Å². The van der Waals surface area contributed by atoms with E-state index in [1.54, 1.807) is 12.4 Å². The SMILES string of the molecule is CC(C)Sc1ccc(CC(=O)N2CCN(c3ccc(-c4ccncc4)nn3)CC2)cc1. The molecule has 31 heavy (non-hydrogen) atoms. The summed E-state index contributed by atoms with van der Waals surface area (Å²) in [6.07, 6.45) is 3.95. The average Bonchev–Trinajstić information content (AvgIpc) is 2.81. The molecular formula is C24H27N5OS. The number of thioether (sulfide) groups is 1. The number of carbonyl (C=O) groups is 1. The molecule has 0 saturated carbocycles. The van der Waals surface area contributed by atoms with E-state index >= 15 is 0 Å². The van der Waals surface area contributed by atoms with Crippen LogP contribution in [0.3, 0.4) is 0 Å². The van der Waals surface area contributed by atoms with Crippen LogP contribution < -0.4 is 4.90 Å². The van der Waals surface area contributed by atoms with Crippen LogP contribution in [-0.2, 0) is 11.2 Å². The van der Waals surface area contributed by atoms with E-state index in [9.17, 15) is 4.79 Å². The zero-order chi connectivity index (χ0) is 21.6. The minimum absolute atomic E-state index is 0.183. The number of rotatable bonds is 6. The minimum atomic E-state index is 0.183. The summed E-state index contributed by atoms with van der Waals surface area (Å²) in [6, 6.07) is 16.2. The van der Waals surface area contributed by atoms with E-state index in [1.807, 2.05) is 40.9 Å². The Morgan fingerprint density at radius 3 is 2.26 bits per heavy atom. The summed E-state index contributed by atoms with van der Waals surface area (Å²) in [7, 11) is 0. The van der Waals surface area contributed by atoms with Crippen LogP contribution in [0.5, 0.6) is 0 Å². The highest BCUT2D eigenvalue weighted by Crippen LogP contribution is 2.23. The van der Waals surface area contributed by atoms with Gasteiger partial charge in [-0.1, -0.05) is 26.0 Å². The van der Waals surface area contributed by atoms with Crippen molar-refractivity contribution in [3.8, 4) is 11.3 Å². The van der Waals surface area contributed by atoms with Gasteiger partial charge in [-0.15, -0.1) is 22.0 Å². The maximum atomic E-state index is 12.7. The summed E-state index contributed by atoms with van der Waals surface area (Å²) in [6.45, 7) is 7.30. The summed E-state index contributed by atoms with van der Waals surface area (Å²) < 4.78 is 0. The van der Waals surface area contributed by atoms with Crippen LogP contribution in [0.4, 0.5) is 5.82 Å². The summed E-state index contributed by atoms with van der Waals surface area (Å²) in [4.78, 5) is 22.2. The van der Waals surface area contributed by atoms with Gasteiger partial charge in [0.05, 0.1) is 12.1 Å². The normalized spacial score (nSPS) is 14.2. The van der Waals surface area contributed by atoms with Crippen LogP contribution in [0.2, 0.25) is 0 Å². The molecule has 2 aromatic heterocycles. The molecule has 1 fully saturated rings. The number of nitrogens with zero attached hydrogens (tertiary/aromatic N) is 5. The molecule has 160 valence electrons. The Morgan fingerprint density at radius 2 is 1.65 bits per heavy atom. The number of anilines is 1. The third-order valence-corrected chi connectivity index (χ3v) is 6.25. The number of aromatic nitrogens is 3. The first-order chi connectivity index (χ1) is 15.1. The van der Waals surface area contributed by atoms with E-state index in [0.717, 1.165) is 35.7 Å². The zero-order valence-corrected chi connectivity index (χ0v) is 18.8. The molecule has 0 radical (unpaired) electrons. The largest absolute Gasteiger partial charge is 0.352 e. The molecule has 1 aromatic carbocycles. The van der Waals surface area contributed by atoms with E-state index in [1.165, 1.54) is 4.90 Å². The lowest BCUT2D eigenvalue weighted by Crippen LogP contribution is -2.49. The molecule has 1 saturated heterocycles. The van der Waals surface area contributed by atoms with Crippen molar-refractivity contribution >= 4 is 23.5 Å². The molecule has 6 nitrogen and oxygen atoms in total. The molecule has 0 aliphatic carbocycles. The zero-order valence-electron chi connectivity index (χ0n) is 17.9. The van der Waals surface area contributed by atoms with Gasteiger partial charge < -0.3 is 9.80 Å². The summed E-state index contributed by atoms with van der Waals surface area (Å²) in [5, 5.41) is 9.31. The maximum absolute atomic E-state index is 12.7. The Balaban J connectivity index is 1.29. The molecule has 1 aliphatic heterocycles. The van der Waals surface area contributed by atoms with Gasteiger partial charge in [-0.2, -0.15) is 0 Å². The molecule has 3 aromatic rings.